The number of aliphatic imine (C=N–C) groups is 1. The summed E-state index contributed by atoms with van der Waals surface area (Å²) in [5.74, 6) is 0.598. The summed E-state index contributed by atoms with van der Waals surface area (Å²) in [6.07, 6.45) is 4.27. The summed E-state index contributed by atoms with van der Waals surface area (Å²) in [6.45, 7) is 1.52. The lowest BCUT2D eigenvalue weighted by atomic mass is 10.1. The number of benzene rings is 2. The molecule has 0 atom stereocenters. The molecule has 8 heteroatoms. The average molecular weight is 425 g/mol. The van der Waals surface area contributed by atoms with Gasteiger partial charge in [0.1, 0.15) is 6.54 Å². The first-order valence-electron chi connectivity index (χ1n) is 9.67. The number of aromatic nitrogens is 2. The van der Waals surface area contributed by atoms with Gasteiger partial charge in [0.05, 0.1) is 0 Å². The topological polar surface area (TPSA) is 83.3 Å². The molecular weight excluding hydrogens is 400 g/mol. The smallest absolute Gasteiger partial charge is 0.246 e. The molecule has 0 unspecified atom stereocenters. The Bertz CT molecular complexity index is 970. The number of nitrogens with zero attached hydrogens (tertiary/aromatic N) is 3. The fraction of sp³-hybridized carbons (Fsp3) is 0.227. The number of rotatable bonds is 8. The Morgan fingerprint density at radius 1 is 1.10 bits per heavy atom. The van der Waals surface area contributed by atoms with E-state index in [1.165, 1.54) is 5.56 Å². The van der Waals surface area contributed by atoms with E-state index < -0.39 is 0 Å². The molecule has 0 aliphatic rings. The van der Waals surface area contributed by atoms with E-state index in [9.17, 15) is 4.79 Å². The van der Waals surface area contributed by atoms with Crippen molar-refractivity contribution >= 4 is 29.2 Å². The van der Waals surface area contributed by atoms with Gasteiger partial charge in [0.25, 0.3) is 0 Å². The number of halogens is 1. The summed E-state index contributed by atoms with van der Waals surface area (Å²) in [6, 6.07) is 17.3. The summed E-state index contributed by atoms with van der Waals surface area (Å²) in [7, 11) is 1.74. The van der Waals surface area contributed by atoms with Crippen molar-refractivity contribution in [3.8, 4) is 0 Å². The number of amides is 1. The van der Waals surface area contributed by atoms with Crippen molar-refractivity contribution < 1.29 is 4.79 Å². The van der Waals surface area contributed by atoms with Crippen LogP contribution in [0.2, 0.25) is 5.02 Å². The summed E-state index contributed by atoms with van der Waals surface area (Å²) in [5.41, 5.74) is 2.99. The van der Waals surface area contributed by atoms with Gasteiger partial charge in [-0.05, 0) is 47.9 Å². The van der Waals surface area contributed by atoms with E-state index in [1.54, 1.807) is 30.2 Å². The van der Waals surface area contributed by atoms with Crippen LogP contribution in [0.5, 0.6) is 0 Å². The van der Waals surface area contributed by atoms with E-state index in [0.29, 0.717) is 6.54 Å². The second-order valence-electron chi connectivity index (χ2n) is 6.68. The molecule has 156 valence electrons. The highest BCUT2D eigenvalue weighted by atomic mass is 35.5. The molecule has 0 aliphatic carbocycles. The fourth-order valence-electron chi connectivity index (χ4n) is 2.88. The monoisotopic (exact) mass is 424 g/mol. The lowest BCUT2D eigenvalue weighted by Gasteiger charge is -2.13. The second-order valence-corrected chi connectivity index (χ2v) is 7.12. The van der Waals surface area contributed by atoms with Gasteiger partial charge in [0.15, 0.2) is 5.96 Å². The Balaban J connectivity index is 1.45. The van der Waals surface area contributed by atoms with Crippen molar-refractivity contribution in [2.24, 2.45) is 4.99 Å². The van der Waals surface area contributed by atoms with E-state index in [2.05, 4.69) is 26.0 Å². The Labute approximate surface area is 181 Å². The van der Waals surface area contributed by atoms with Gasteiger partial charge in [-0.3, -0.25) is 14.5 Å². The lowest BCUT2D eigenvalue weighted by Crippen LogP contribution is -2.37. The molecule has 0 saturated heterocycles. The molecule has 0 aliphatic heterocycles. The van der Waals surface area contributed by atoms with Crippen LogP contribution in [-0.2, 0) is 24.3 Å². The molecule has 3 rings (SSSR count). The fourth-order valence-corrected chi connectivity index (χ4v) is 3.01. The maximum atomic E-state index is 12.1. The Morgan fingerprint density at radius 2 is 1.93 bits per heavy atom. The molecule has 3 aromatic rings. The molecule has 3 N–H and O–H groups in total. The van der Waals surface area contributed by atoms with Gasteiger partial charge < -0.3 is 16.0 Å². The van der Waals surface area contributed by atoms with Crippen LogP contribution in [-0.4, -0.2) is 35.2 Å². The predicted octanol–water partition coefficient (Wildman–Crippen LogP) is 3.08. The van der Waals surface area contributed by atoms with Gasteiger partial charge in [-0.2, -0.15) is 5.10 Å². The summed E-state index contributed by atoms with van der Waals surface area (Å²) < 4.78 is 1.58. The highest BCUT2D eigenvalue weighted by Gasteiger charge is 2.05. The van der Waals surface area contributed by atoms with Crippen LogP contribution in [0.1, 0.15) is 11.1 Å². The molecule has 30 heavy (non-hydrogen) atoms. The first-order valence-corrected chi connectivity index (χ1v) is 10.1. The molecule has 1 aromatic heterocycles. The molecule has 2 aromatic carbocycles. The van der Waals surface area contributed by atoms with E-state index in [1.807, 2.05) is 48.5 Å². The van der Waals surface area contributed by atoms with Crippen molar-refractivity contribution in [2.45, 2.75) is 19.5 Å². The van der Waals surface area contributed by atoms with Crippen LogP contribution in [0.25, 0.3) is 0 Å². The van der Waals surface area contributed by atoms with Crippen LogP contribution in [0.4, 0.5) is 5.69 Å². The lowest BCUT2D eigenvalue weighted by molar-refractivity contribution is -0.116. The zero-order chi connectivity index (χ0) is 21.2. The number of hydrogen-bond donors (Lipinski definition) is 3. The predicted molar refractivity (Wildman–Crippen MR) is 121 cm³/mol. The Kier molecular flexibility index (Phi) is 7.86. The zero-order valence-corrected chi connectivity index (χ0v) is 17.6. The Hall–Kier alpha value is -3.32. The van der Waals surface area contributed by atoms with Crippen LogP contribution in [0.3, 0.4) is 0 Å². The summed E-state index contributed by atoms with van der Waals surface area (Å²) in [4.78, 5) is 16.4. The van der Waals surface area contributed by atoms with Crippen LogP contribution < -0.4 is 16.0 Å². The highest BCUT2D eigenvalue weighted by molar-refractivity contribution is 6.30. The third-order valence-electron chi connectivity index (χ3n) is 4.38. The molecule has 0 saturated carbocycles. The van der Waals surface area contributed by atoms with Gasteiger partial charge in [0, 0.05) is 43.2 Å². The molecule has 1 heterocycles. The largest absolute Gasteiger partial charge is 0.356 e. The standard InChI is InChI=1S/C22H25ClN6O/c1-24-22(25-12-10-17-6-8-19(23)9-7-17)26-15-18-4-2-5-20(14-18)28-21(30)16-29-13-3-11-27-29/h2-9,11,13-14H,10,12,15-16H2,1H3,(H,28,30)(H2,24,25,26). The number of hydrogen-bond acceptors (Lipinski definition) is 3. The van der Waals surface area contributed by atoms with Crippen molar-refractivity contribution in [3.05, 3.63) is 83.1 Å². The quantitative estimate of drug-likeness (QED) is 0.383. The molecule has 0 bridgehead atoms. The van der Waals surface area contributed by atoms with E-state index in [0.717, 1.165) is 35.2 Å². The first-order chi connectivity index (χ1) is 14.6. The minimum atomic E-state index is -0.122. The maximum Gasteiger partial charge on any atom is 0.246 e. The number of nitrogens with one attached hydrogen (secondary N) is 3. The highest BCUT2D eigenvalue weighted by Crippen LogP contribution is 2.11. The average Bonchev–Trinajstić information content (AvgIpc) is 3.25. The van der Waals surface area contributed by atoms with Gasteiger partial charge in [0.2, 0.25) is 5.91 Å². The van der Waals surface area contributed by atoms with Crippen molar-refractivity contribution in [1.29, 1.82) is 0 Å². The normalized spacial score (nSPS) is 11.2. The third kappa shape index (κ3) is 6.93. The molecule has 1 amide bonds. The molecule has 0 radical (unpaired) electrons. The van der Waals surface area contributed by atoms with Gasteiger partial charge >= 0.3 is 0 Å². The number of carbonyl (C=O) groups excluding carboxylic acids is 1. The van der Waals surface area contributed by atoms with E-state index in [-0.39, 0.29) is 12.5 Å². The minimum absolute atomic E-state index is 0.122. The minimum Gasteiger partial charge on any atom is -0.356 e. The zero-order valence-electron chi connectivity index (χ0n) is 16.8. The SMILES string of the molecule is CN=C(NCCc1ccc(Cl)cc1)NCc1cccc(NC(=O)Cn2cccn2)c1. The summed E-state index contributed by atoms with van der Waals surface area (Å²) >= 11 is 5.92. The first kappa shape index (κ1) is 21.4. The molecule has 0 fully saturated rings. The number of carbonyl (C=O) groups is 1. The molecule has 0 spiro atoms. The van der Waals surface area contributed by atoms with Crippen molar-refractivity contribution in [1.82, 2.24) is 20.4 Å². The molecular formula is C22H25ClN6O. The number of anilines is 1. The van der Waals surface area contributed by atoms with Gasteiger partial charge in [-0.1, -0.05) is 35.9 Å². The van der Waals surface area contributed by atoms with Gasteiger partial charge in [-0.15, -0.1) is 0 Å². The van der Waals surface area contributed by atoms with E-state index in [4.69, 9.17) is 11.6 Å². The van der Waals surface area contributed by atoms with Crippen LogP contribution >= 0.6 is 11.6 Å². The Morgan fingerprint density at radius 3 is 2.67 bits per heavy atom. The summed E-state index contributed by atoms with van der Waals surface area (Å²) in [5, 5.41) is 14.3. The van der Waals surface area contributed by atoms with Crippen LogP contribution in [0.15, 0.2) is 72.0 Å². The number of guanidine groups is 1. The van der Waals surface area contributed by atoms with Crippen molar-refractivity contribution in [3.63, 3.8) is 0 Å². The van der Waals surface area contributed by atoms with Crippen LogP contribution in [0, 0.1) is 0 Å². The molecule has 7 nitrogen and oxygen atoms in total. The second kappa shape index (κ2) is 11.0. The van der Waals surface area contributed by atoms with Crippen molar-refractivity contribution in [2.75, 3.05) is 18.9 Å². The maximum absolute atomic E-state index is 12.1. The third-order valence-corrected chi connectivity index (χ3v) is 4.63. The van der Waals surface area contributed by atoms with Gasteiger partial charge in [-0.25, -0.2) is 0 Å². The van der Waals surface area contributed by atoms with E-state index >= 15 is 0 Å².